The third-order valence-electron chi connectivity index (χ3n) is 5.64. The summed E-state index contributed by atoms with van der Waals surface area (Å²) in [6.07, 6.45) is 1.09. The molecular weight excluding hydrogens is 400 g/mol. The normalized spacial score (nSPS) is 12.0. The number of carbonyl (C=O) groups excluding carboxylic acids is 1. The number of rotatable bonds is 7. The fourth-order valence-corrected chi connectivity index (χ4v) is 3.70. The summed E-state index contributed by atoms with van der Waals surface area (Å²) in [4.78, 5) is 17.0. The van der Waals surface area contributed by atoms with Crippen molar-refractivity contribution in [1.82, 2.24) is 4.98 Å². The van der Waals surface area contributed by atoms with E-state index in [1.807, 2.05) is 56.3 Å². The highest BCUT2D eigenvalue weighted by molar-refractivity contribution is 5.92. The number of aryl methyl sites for hydroxylation is 2. The van der Waals surface area contributed by atoms with Crippen LogP contribution in [0.2, 0.25) is 0 Å². The maximum atomic E-state index is 12.4. The maximum absolute atomic E-state index is 12.4. The van der Waals surface area contributed by atoms with Crippen LogP contribution in [-0.4, -0.2) is 17.5 Å². The number of aromatic nitrogens is 1. The Labute approximate surface area is 188 Å². The Morgan fingerprint density at radius 3 is 2.62 bits per heavy atom. The summed E-state index contributed by atoms with van der Waals surface area (Å²) in [6, 6.07) is 19.5. The van der Waals surface area contributed by atoms with Gasteiger partial charge in [0, 0.05) is 11.3 Å². The molecule has 0 aliphatic rings. The molecule has 0 spiro atoms. The minimum Gasteiger partial charge on any atom is -0.484 e. The van der Waals surface area contributed by atoms with Gasteiger partial charge in [-0.1, -0.05) is 38.1 Å². The lowest BCUT2D eigenvalue weighted by Gasteiger charge is -2.11. The summed E-state index contributed by atoms with van der Waals surface area (Å²) in [5.74, 6) is 1.49. The molecule has 0 bridgehead atoms. The number of oxazole rings is 1. The number of amides is 1. The predicted octanol–water partition coefficient (Wildman–Crippen LogP) is 6.64. The number of hydrogen-bond donors (Lipinski definition) is 1. The van der Waals surface area contributed by atoms with Gasteiger partial charge in [-0.3, -0.25) is 4.79 Å². The van der Waals surface area contributed by atoms with Crippen LogP contribution in [0.5, 0.6) is 5.75 Å². The van der Waals surface area contributed by atoms with Gasteiger partial charge in [0.25, 0.3) is 5.91 Å². The second-order valence-corrected chi connectivity index (χ2v) is 8.25. The molecular formula is C27H28N2O3. The van der Waals surface area contributed by atoms with Crippen molar-refractivity contribution in [3.63, 3.8) is 0 Å². The molecule has 164 valence electrons. The highest BCUT2D eigenvalue weighted by Gasteiger charge is 2.12. The minimum atomic E-state index is -0.225. The summed E-state index contributed by atoms with van der Waals surface area (Å²) in [6.45, 7) is 8.35. The molecule has 32 heavy (non-hydrogen) atoms. The first-order valence-electron chi connectivity index (χ1n) is 10.9. The molecule has 0 fully saturated rings. The molecule has 0 radical (unpaired) electrons. The average Bonchev–Trinajstić information content (AvgIpc) is 3.22. The van der Waals surface area contributed by atoms with Crippen molar-refractivity contribution >= 4 is 22.7 Å². The molecule has 4 aromatic rings. The van der Waals surface area contributed by atoms with Crippen LogP contribution in [0.4, 0.5) is 5.69 Å². The molecule has 1 N–H and O–H groups in total. The van der Waals surface area contributed by atoms with Crippen molar-refractivity contribution in [2.75, 3.05) is 11.9 Å². The standard InChI is InChI=1S/C27H28N2O3/c1-5-18(3)20-9-11-23(12-10-20)31-16-25(30)28-22-8-6-7-21(15-22)27-29-24-14-17(2)13-19(4)26(24)32-27/h6-15,18H,5,16H2,1-4H3,(H,28,30)/t18-/m0/s1. The van der Waals surface area contributed by atoms with Gasteiger partial charge in [-0.25, -0.2) is 4.98 Å². The monoisotopic (exact) mass is 428 g/mol. The van der Waals surface area contributed by atoms with E-state index in [0.717, 1.165) is 34.2 Å². The van der Waals surface area contributed by atoms with E-state index in [-0.39, 0.29) is 12.5 Å². The van der Waals surface area contributed by atoms with E-state index in [4.69, 9.17) is 9.15 Å². The van der Waals surface area contributed by atoms with Crippen LogP contribution in [0, 0.1) is 13.8 Å². The number of nitrogens with one attached hydrogen (secondary N) is 1. The van der Waals surface area contributed by atoms with Crippen molar-refractivity contribution in [2.24, 2.45) is 0 Å². The van der Waals surface area contributed by atoms with E-state index in [2.05, 4.69) is 42.3 Å². The van der Waals surface area contributed by atoms with Gasteiger partial charge in [0.15, 0.2) is 12.2 Å². The van der Waals surface area contributed by atoms with Crippen LogP contribution < -0.4 is 10.1 Å². The van der Waals surface area contributed by atoms with Crippen molar-refractivity contribution in [1.29, 1.82) is 0 Å². The Kier molecular flexibility index (Phi) is 6.26. The fourth-order valence-electron chi connectivity index (χ4n) is 3.70. The van der Waals surface area contributed by atoms with Gasteiger partial charge in [-0.15, -0.1) is 0 Å². The van der Waals surface area contributed by atoms with Crippen LogP contribution in [0.1, 0.15) is 42.9 Å². The van der Waals surface area contributed by atoms with Crippen LogP contribution in [0.15, 0.2) is 65.1 Å². The maximum Gasteiger partial charge on any atom is 0.262 e. The van der Waals surface area contributed by atoms with Gasteiger partial charge in [-0.05, 0) is 79.3 Å². The number of benzene rings is 3. The number of hydrogen-bond acceptors (Lipinski definition) is 4. The molecule has 0 saturated carbocycles. The summed E-state index contributed by atoms with van der Waals surface area (Å²) < 4.78 is 11.6. The zero-order valence-electron chi connectivity index (χ0n) is 18.9. The molecule has 0 unspecified atom stereocenters. The lowest BCUT2D eigenvalue weighted by Crippen LogP contribution is -2.20. The first kappa shape index (κ1) is 21.6. The molecule has 4 rings (SSSR count). The van der Waals surface area contributed by atoms with E-state index in [1.54, 1.807) is 0 Å². The second-order valence-electron chi connectivity index (χ2n) is 8.25. The van der Waals surface area contributed by atoms with E-state index in [9.17, 15) is 4.79 Å². The van der Waals surface area contributed by atoms with Crippen molar-refractivity contribution in [2.45, 2.75) is 40.0 Å². The lowest BCUT2D eigenvalue weighted by atomic mass is 9.99. The number of carbonyl (C=O) groups is 1. The van der Waals surface area contributed by atoms with Gasteiger partial charge >= 0.3 is 0 Å². The summed E-state index contributed by atoms with van der Waals surface area (Å²) in [5, 5.41) is 2.88. The Morgan fingerprint density at radius 1 is 1.09 bits per heavy atom. The SMILES string of the molecule is CC[C@H](C)c1ccc(OCC(=O)Nc2cccc(-c3nc4cc(C)cc(C)c4o3)c2)cc1. The molecule has 1 atom stereocenters. The first-order chi connectivity index (χ1) is 15.4. The number of fused-ring (bicyclic) bond motifs is 1. The largest absolute Gasteiger partial charge is 0.484 e. The second kappa shape index (κ2) is 9.27. The topological polar surface area (TPSA) is 64.4 Å². The third-order valence-corrected chi connectivity index (χ3v) is 5.64. The molecule has 0 aliphatic heterocycles. The minimum absolute atomic E-state index is 0.0612. The van der Waals surface area contributed by atoms with Crippen molar-refractivity contribution in [3.8, 4) is 17.2 Å². The van der Waals surface area contributed by atoms with E-state index < -0.39 is 0 Å². The Bertz CT molecular complexity index is 1240. The van der Waals surface area contributed by atoms with E-state index >= 15 is 0 Å². The summed E-state index contributed by atoms with van der Waals surface area (Å²) >= 11 is 0. The first-order valence-corrected chi connectivity index (χ1v) is 10.9. The number of nitrogens with zero attached hydrogens (tertiary/aromatic N) is 1. The molecule has 1 amide bonds. The Morgan fingerprint density at radius 2 is 1.88 bits per heavy atom. The molecule has 1 heterocycles. The number of anilines is 1. The Hall–Kier alpha value is -3.60. The van der Waals surface area contributed by atoms with Gasteiger partial charge in [0.1, 0.15) is 11.3 Å². The third kappa shape index (κ3) is 4.83. The zero-order chi connectivity index (χ0) is 22.7. The summed E-state index contributed by atoms with van der Waals surface area (Å²) in [5.41, 5.74) is 6.55. The van der Waals surface area contributed by atoms with Crippen LogP contribution in [0.3, 0.4) is 0 Å². The van der Waals surface area contributed by atoms with Crippen LogP contribution in [-0.2, 0) is 4.79 Å². The number of ether oxygens (including phenoxy) is 1. The molecule has 0 aliphatic carbocycles. The molecule has 5 heteroatoms. The predicted molar refractivity (Wildman–Crippen MR) is 128 cm³/mol. The van der Waals surface area contributed by atoms with Gasteiger partial charge in [-0.2, -0.15) is 0 Å². The molecule has 5 nitrogen and oxygen atoms in total. The molecule has 1 aromatic heterocycles. The Balaban J connectivity index is 1.41. The van der Waals surface area contributed by atoms with Gasteiger partial charge in [0.05, 0.1) is 0 Å². The van der Waals surface area contributed by atoms with Gasteiger partial charge < -0.3 is 14.5 Å². The average molecular weight is 429 g/mol. The fraction of sp³-hybridized carbons (Fsp3) is 0.259. The van der Waals surface area contributed by atoms with Gasteiger partial charge in [0.2, 0.25) is 5.89 Å². The lowest BCUT2D eigenvalue weighted by molar-refractivity contribution is -0.118. The van der Waals surface area contributed by atoms with Crippen LogP contribution >= 0.6 is 0 Å². The molecule has 0 saturated heterocycles. The highest BCUT2D eigenvalue weighted by Crippen LogP contribution is 2.29. The summed E-state index contributed by atoms with van der Waals surface area (Å²) in [7, 11) is 0. The quantitative estimate of drug-likeness (QED) is 0.358. The van der Waals surface area contributed by atoms with Crippen molar-refractivity contribution in [3.05, 3.63) is 77.4 Å². The smallest absolute Gasteiger partial charge is 0.262 e. The van der Waals surface area contributed by atoms with Crippen molar-refractivity contribution < 1.29 is 13.9 Å². The molecule has 3 aromatic carbocycles. The zero-order valence-corrected chi connectivity index (χ0v) is 18.9. The van der Waals surface area contributed by atoms with E-state index in [1.165, 1.54) is 5.56 Å². The van der Waals surface area contributed by atoms with E-state index in [0.29, 0.717) is 23.2 Å². The highest BCUT2D eigenvalue weighted by atomic mass is 16.5. The van der Waals surface area contributed by atoms with Crippen LogP contribution in [0.25, 0.3) is 22.6 Å².